The van der Waals surface area contributed by atoms with Crippen LogP contribution in [0.1, 0.15) is 20.3 Å². The summed E-state index contributed by atoms with van der Waals surface area (Å²) in [5.74, 6) is -0.587. The Morgan fingerprint density at radius 3 is 2.29 bits per heavy atom. The van der Waals surface area contributed by atoms with Crippen molar-refractivity contribution >= 4 is 28.9 Å². The molecule has 1 aromatic rings. The summed E-state index contributed by atoms with van der Waals surface area (Å²) in [5, 5.41) is 3.17. The van der Waals surface area contributed by atoms with E-state index in [-0.39, 0.29) is 15.6 Å². The van der Waals surface area contributed by atoms with E-state index in [2.05, 4.69) is 5.32 Å². The third-order valence-electron chi connectivity index (χ3n) is 2.59. The van der Waals surface area contributed by atoms with Gasteiger partial charge in [0.1, 0.15) is 0 Å². The number of hydrogen-bond donors (Lipinski definition) is 1. The molecule has 2 nitrogen and oxygen atoms in total. The monoisotopic (exact) mass is 279 g/mol. The quantitative estimate of drug-likeness (QED) is 0.809. The summed E-state index contributed by atoms with van der Waals surface area (Å²) in [4.78, 5) is 0. The molecule has 0 radical (unpaired) electrons. The molecule has 1 rings (SSSR count). The maximum absolute atomic E-state index is 13.2. The summed E-state index contributed by atoms with van der Waals surface area (Å²) in [6.07, 6.45) is 0.816. The lowest BCUT2D eigenvalue weighted by molar-refractivity contribution is 0.0185. The normalized spacial score (nSPS) is 11.6. The highest BCUT2D eigenvalue weighted by molar-refractivity contribution is 6.35. The zero-order valence-electron chi connectivity index (χ0n) is 10.1. The Hall–Kier alpha value is -0.510. The first-order valence-corrected chi connectivity index (χ1v) is 6.05. The Kier molecular flexibility index (Phi) is 5.04. The average molecular weight is 280 g/mol. The summed E-state index contributed by atoms with van der Waals surface area (Å²) in [6, 6.07) is 3.03. The number of halogens is 3. The molecule has 1 aromatic carbocycles. The summed E-state index contributed by atoms with van der Waals surface area (Å²) in [7, 11) is 1.67. The van der Waals surface area contributed by atoms with Gasteiger partial charge in [-0.15, -0.1) is 0 Å². The van der Waals surface area contributed by atoms with Crippen molar-refractivity contribution in [1.82, 2.24) is 0 Å². The molecule has 0 bridgehead atoms. The minimum Gasteiger partial charge on any atom is -0.385 e. The lowest BCUT2D eigenvalue weighted by Crippen LogP contribution is -2.25. The molecular formula is C12H16Cl2FNO. The average Bonchev–Trinajstić information content (AvgIpc) is 2.25. The summed E-state index contributed by atoms with van der Waals surface area (Å²) in [6.45, 7) is 4.69. The van der Waals surface area contributed by atoms with Crippen molar-refractivity contribution in [2.24, 2.45) is 0 Å². The highest BCUT2D eigenvalue weighted by Crippen LogP contribution is 2.27. The minimum absolute atomic E-state index is 0.0194. The largest absolute Gasteiger partial charge is 0.385 e. The molecule has 0 aliphatic carbocycles. The first kappa shape index (κ1) is 14.6. The molecular weight excluding hydrogens is 264 g/mol. The maximum Gasteiger partial charge on any atom is 0.160 e. The summed E-state index contributed by atoms with van der Waals surface area (Å²) < 4.78 is 18.5. The van der Waals surface area contributed by atoms with Gasteiger partial charge in [-0.05, 0) is 32.4 Å². The molecule has 0 aromatic heterocycles. The second-order valence-corrected chi connectivity index (χ2v) is 5.21. The number of rotatable bonds is 5. The molecule has 17 heavy (non-hydrogen) atoms. The van der Waals surface area contributed by atoms with E-state index in [1.165, 1.54) is 12.1 Å². The van der Waals surface area contributed by atoms with Crippen LogP contribution in [0.5, 0.6) is 0 Å². The lowest BCUT2D eigenvalue weighted by atomic mass is 10.1. The van der Waals surface area contributed by atoms with Crippen LogP contribution in [0.15, 0.2) is 12.1 Å². The van der Waals surface area contributed by atoms with Gasteiger partial charge in [0, 0.05) is 19.3 Å². The molecule has 0 atom stereocenters. The van der Waals surface area contributed by atoms with Crippen molar-refractivity contribution in [1.29, 1.82) is 0 Å². The van der Waals surface area contributed by atoms with Crippen molar-refractivity contribution in [3.05, 3.63) is 28.0 Å². The van der Waals surface area contributed by atoms with Gasteiger partial charge in [0.2, 0.25) is 0 Å². The van der Waals surface area contributed by atoms with Crippen LogP contribution in [0.2, 0.25) is 10.0 Å². The first-order valence-electron chi connectivity index (χ1n) is 5.29. The van der Waals surface area contributed by atoms with Crippen molar-refractivity contribution in [3.63, 3.8) is 0 Å². The van der Waals surface area contributed by atoms with Crippen LogP contribution in [-0.2, 0) is 4.74 Å². The van der Waals surface area contributed by atoms with E-state index in [0.717, 1.165) is 6.42 Å². The summed E-state index contributed by atoms with van der Waals surface area (Å²) >= 11 is 11.4. The van der Waals surface area contributed by atoms with Gasteiger partial charge in [0.05, 0.1) is 15.6 Å². The van der Waals surface area contributed by atoms with Crippen LogP contribution < -0.4 is 5.32 Å². The van der Waals surface area contributed by atoms with E-state index in [1.807, 2.05) is 13.8 Å². The first-order chi connectivity index (χ1) is 7.85. The second kappa shape index (κ2) is 5.89. The van der Waals surface area contributed by atoms with Crippen molar-refractivity contribution in [2.75, 3.05) is 19.0 Å². The van der Waals surface area contributed by atoms with E-state index >= 15 is 0 Å². The van der Waals surface area contributed by atoms with Crippen molar-refractivity contribution in [2.45, 2.75) is 25.9 Å². The zero-order chi connectivity index (χ0) is 13.1. The predicted molar refractivity (Wildman–Crippen MR) is 70.6 cm³/mol. The Morgan fingerprint density at radius 2 is 1.82 bits per heavy atom. The van der Waals surface area contributed by atoms with Crippen molar-refractivity contribution < 1.29 is 9.13 Å². The Balaban J connectivity index is 2.59. The summed E-state index contributed by atoms with van der Waals surface area (Å²) in [5.41, 5.74) is 0.508. The van der Waals surface area contributed by atoms with Crippen molar-refractivity contribution in [3.8, 4) is 0 Å². The molecule has 0 unspecified atom stereocenters. The number of hydrogen-bond acceptors (Lipinski definition) is 2. The van der Waals surface area contributed by atoms with E-state index < -0.39 is 5.82 Å². The third-order valence-corrected chi connectivity index (χ3v) is 3.14. The van der Waals surface area contributed by atoms with Crippen LogP contribution in [0.3, 0.4) is 0 Å². The van der Waals surface area contributed by atoms with Gasteiger partial charge in [-0.25, -0.2) is 4.39 Å². The highest BCUT2D eigenvalue weighted by atomic mass is 35.5. The molecule has 96 valence electrons. The van der Waals surface area contributed by atoms with Crippen LogP contribution in [0.4, 0.5) is 10.1 Å². The molecule has 0 aliphatic rings. The van der Waals surface area contributed by atoms with Gasteiger partial charge in [-0.1, -0.05) is 23.2 Å². The standard InChI is InChI=1S/C12H16Cl2FNO/c1-12(2,17-3)4-5-16-8-6-9(13)11(15)10(14)7-8/h6-7,16H,4-5H2,1-3H3. The number of anilines is 1. The topological polar surface area (TPSA) is 21.3 Å². The van der Waals surface area contributed by atoms with Gasteiger partial charge in [0.25, 0.3) is 0 Å². The molecule has 1 N–H and O–H groups in total. The Labute approximate surface area is 111 Å². The minimum atomic E-state index is -0.587. The fourth-order valence-electron chi connectivity index (χ4n) is 1.27. The third kappa shape index (κ3) is 4.34. The number of methoxy groups -OCH3 is 1. The van der Waals surface area contributed by atoms with Gasteiger partial charge in [-0.3, -0.25) is 0 Å². The number of nitrogens with one attached hydrogen (secondary N) is 1. The number of benzene rings is 1. The molecule has 0 amide bonds. The lowest BCUT2D eigenvalue weighted by Gasteiger charge is -2.23. The van der Waals surface area contributed by atoms with Gasteiger partial charge >= 0.3 is 0 Å². The van der Waals surface area contributed by atoms with E-state index in [9.17, 15) is 4.39 Å². The van der Waals surface area contributed by atoms with Crippen LogP contribution in [0.25, 0.3) is 0 Å². The fraction of sp³-hybridized carbons (Fsp3) is 0.500. The van der Waals surface area contributed by atoms with E-state index in [4.69, 9.17) is 27.9 Å². The highest BCUT2D eigenvalue weighted by Gasteiger charge is 2.15. The van der Waals surface area contributed by atoms with Gasteiger partial charge in [-0.2, -0.15) is 0 Å². The molecule has 0 fully saturated rings. The fourth-order valence-corrected chi connectivity index (χ4v) is 1.75. The molecule has 0 spiro atoms. The smallest absolute Gasteiger partial charge is 0.160 e. The molecule has 5 heteroatoms. The van der Waals surface area contributed by atoms with Crippen LogP contribution >= 0.6 is 23.2 Å². The van der Waals surface area contributed by atoms with E-state index in [0.29, 0.717) is 12.2 Å². The predicted octanol–water partition coefficient (Wildman–Crippen LogP) is 4.36. The van der Waals surface area contributed by atoms with E-state index in [1.54, 1.807) is 7.11 Å². The SMILES string of the molecule is COC(C)(C)CCNc1cc(Cl)c(F)c(Cl)c1. The Bertz CT molecular complexity index is 373. The van der Waals surface area contributed by atoms with Gasteiger partial charge in [0.15, 0.2) is 5.82 Å². The maximum atomic E-state index is 13.2. The van der Waals surface area contributed by atoms with Gasteiger partial charge < -0.3 is 10.1 Å². The van der Waals surface area contributed by atoms with Crippen LogP contribution in [0, 0.1) is 5.82 Å². The Morgan fingerprint density at radius 1 is 1.29 bits per heavy atom. The number of ether oxygens (including phenoxy) is 1. The van der Waals surface area contributed by atoms with Crippen LogP contribution in [-0.4, -0.2) is 19.3 Å². The molecule has 0 saturated heterocycles. The zero-order valence-corrected chi connectivity index (χ0v) is 11.6. The molecule has 0 aliphatic heterocycles. The second-order valence-electron chi connectivity index (χ2n) is 4.39. The molecule has 0 saturated carbocycles. The molecule has 0 heterocycles.